The molecule has 2 fully saturated rings. The molecular formula is C14H24N4. The summed E-state index contributed by atoms with van der Waals surface area (Å²) in [5, 5.41) is 3.56. The minimum Gasteiger partial charge on any atom is -0.332 e. The molecule has 1 aromatic heterocycles. The molecule has 0 spiro atoms. The van der Waals surface area contributed by atoms with E-state index in [9.17, 15) is 0 Å². The maximum atomic E-state index is 4.34. The molecule has 1 unspecified atom stereocenters. The molecule has 1 aliphatic heterocycles. The van der Waals surface area contributed by atoms with Crippen molar-refractivity contribution in [1.82, 2.24) is 19.8 Å². The first-order chi connectivity index (χ1) is 8.75. The molecule has 0 amide bonds. The van der Waals surface area contributed by atoms with E-state index in [0.29, 0.717) is 12.1 Å². The van der Waals surface area contributed by atoms with Crippen LogP contribution in [0.15, 0.2) is 12.5 Å². The van der Waals surface area contributed by atoms with Gasteiger partial charge in [-0.15, -0.1) is 0 Å². The van der Waals surface area contributed by atoms with E-state index in [-0.39, 0.29) is 0 Å². The van der Waals surface area contributed by atoms with Crippen LogP contribution in [0.5, 0.6) is 0 Å². The molecular weight excluding hydrogens is 224 g/mol. The Balaban J connectivity index is 1.66. The summed E-state index contributed by atoms with van der Waals surface area (Å²) < 4.78 is 2.34. The first-order valence-electron chi connectivity index (χ1n) is 7.21. The average molecular weight is 248 g/mol. The van der Waals surface area contributed by atoms with Crippen LogP contribution in [0.25, 0.3) is 0 Å². The molecule has 0 aromatic carbocycles. The Morgan fingerprint density at radius 1 is 1.50 bits per heavy atom. The summed E-state index contributed by atoms with van der Waals surface area (Å²) in [5.74, 6) is 0. The van der Waals surface area contributed by atoms with Crippen LogP contribution < -0.4 is 5.32 Å². The Labute approximate surface area is 109 Å². The van der Waals surface area contributed by atoms with Gasteiger partial charge in [-0.25, -0.2) is 4.98 Å². The molecule has 2 heterocycles. The van der Waals surface area contributed by atoms with Crippen LogP contribution in [-0.4, -0.2) is 40.1 Å². The van der Waals surface area contributed by atoms with Crippen LogP contribution in [0.1, 0.15) is 44.3 Å². The monoisotopic (exact) mass is 248 g/mol. The summed E-state index contributed by atoms with van der Waals surface area (Å²) in [4.78, 5) is 6.86. The summed E-state index contributed by atoms with van der Waals surface area (Å²) in [6.07, 6.45) is 9.31. The fourth-order valence-corrected chi connectivity index (χ4v) is 2.97. The van der Waals surface area contributed by atoms with Gasteiger partial charge in [-0.2, -0.15) is 0 Å². The lowest BCUT2D eigenvalue weighted by Crippen LogP contribution is -2.35. The Morgan fingerprint density at radius 3 is 3.00 bits per heavy atom. The fraction of sp³-hybridized carbons (Fsp3) is 0.786. The third kappa shape index (κ3) is 2.45. The highest BCUT2D eigenvalue weighted by molar-refractivity contribution is 5.07. The maximum absolute atomic E-state index is 4.34. The molecule has 1 aromatic rings. The Hall–Kier alpha value is -0.870. The smallest absolute Gasteiger partial charge is 0.0949 e. The van der Waals surface area contributed by atoms with Crippen LogP contribution in [0.2, 0.25) is 0 Å². The standard InChI is InChI=1S/C14H24N4/c1-11(17(2)12-5-6-12)9-18-10-15-8-14(18)13-4-3-7-16-13/h8,10-13,16H,3-7,9H2,1-2H3/t11?,13-/m0/s1. The molecule has 18 heavy (non-hydrogen) atoms. The van der Waals surface area contributed by atoms with E-state index in [4.69, 9.17) is 0 Å². The van der Waals surface area contributed by atoms with Gasteiger partial charge in [0.25, 0.3) is 0 Å². The molecule has 1 saturated heterocycles. The fourth-order valence-electron chi connectivity index (χ4n) is 2.97. The lowest BCUT2D eigenvalue weighted by molar-refractivity contribution is 0.223. The predicted octanol–water partition coefficient (Wildman–Crippen LogP) is 1.79. The van der Waals surface area contributed by atoms with Crippen LogP contribution in [0, 0.1) is 0 Å². The molecule has 100 valence electrons. The molecule has 1 aliphatic carbocycles. The maximum Gasteiger partial charge on any atom is 0.0949 e. The van der Waals surface area contributed by atoms with Crippen molar-refractivity contribution < 1.29 is 0 Å². The third-order valence-electron chi connectivity index (χ3n) is 4.44. The van der Waals surface area contributed by atoms with Crippen LogP contribution in [-0.2, 0) is 6.54 Å². The second-order valence-electron chi connectivity index (χ2n) is 5.87. The Morgan fingerprint density at radius 2 is 2.33 bits per heavy atom. The van der Waals surface area contributed by atoms with E-state index in [1.807, 2.05) is 12.5 Å². The van der Waals surface area contributed by atoms with Crippen LogP contribution in [0.3, 0.4) is 0 Å². The van der Waals surface area contributed by atoms with E-state index in [2.05, 4.69) is 33.7 Å². The molecule has 1 N–H and O–H groups in total. The van der Waals surface area contributed by atoms with Gasteiger partial charge >= 0.3 is 0 Å². The molecule has 0 bridgehead atoms. The van der Waals surface area contributed by atoms with Gasteiger partial charge in [0.15, 0.2) is 0 Å². The van der Waals surface area contributed by atoms with Crippen molar-refractivity contribution in [3.63, 3.8) is 0 Å². The topological polar surface area (TPSA) is 33.1 Å². The number of hydrogen-bond donors (Lipinski definition) is 1. The summed E-state index contributed by atoms with van der Waals surface area (Å²) in [6, 6.07) is 1.94. The van der Waals surface area contributed by atoms with Crippen LogP contribution in [0.4, 0.5) is 0 Å². The number of likely N-dealkylation sites (N-methyl/N-ethyl adjacent to an activating group) is 1. The number of aromatic nitrogens is 2. The van der Waals surface area contributed by atoms with E-state index in [1.54, 1.807) is 0 Å². The van der Waals surface area contributed by atoms with Gasteiger partial charge in [-0.05, 0) is 46.2 Å². The summed E-state index contributed by atoms with van der Waals surface area (Å²) >= 11 is 0. The number of nitrogens with zero attached hydrogens (tertiary/aromatic N) is 3. The van der Waals surface area contributed by atoms with Crippen molar-refractivity contribution in [2.24, 2.45) is 0 Å². The lowest BCUT2D eigenvalue weighted by Gasteiger charge is -2.26. The minimum absolute atomic E-state index is 0.519. The van der Waals surface area contributed by atoms with Crippen molar-refractivity contribution in [1.29, 1.82) is 0 Å². The van der Waals surface area contributed by atoms with Crippen molar-refractivity contribution in [2.75, 3.05) is 13.6 Å². The molecule has 4 heteroatoms. The second-order valence-corrected chi connectivity index (χ2v) is 5.87. The Kier molecular flexibility index (Phi) is 3.39. The van der Waals surface area contributed by atoms with Gasteiger partial charge in [-0.1, -0.05) is 0 Å². The second kappa shape index (κ2) is 5.02. The van der Waals surface area contributed by atoms with Crippen molar-refractivity contribution >= 4 is 0 Å². The average Bonchev–Trinajstić information content (AvgIpc) is 2.88. The lowest BCUT2D eigenvalue weighted by atomic mass is 10.1. The Bertz CT molecular complexity index is 390. The van der Waals surface area contributed by atoms with Gasteiger partial charge in [0.2, 0.25) is 0 Å². The third-order valence-corrected chi connectivity index (χ3v) is 4.44. The van der Waals surface area contributed by atoms with Gasteiger partial charge in [0.1, 0.15) is 0 Å². The summed E-state index contributed by atoms with van der Waals surface area (Å²) in [6.45, 7) is 4.53. The molecule has 1 saturated carbocycles. The number of imidazole rings is 1. The van der Waals surface area contributed by atoms with Gasteiger partial charge < -0.3 is 9.88 Å². The zero-order valence-electron chi connectivity index (χ0n) is 11.5. The van der Waals surface area contributed by atoms with Crippen molar-refractivity contribution in [3.05, 3.63) is 18.2 Å². The van der Waals surface area contributed by atoms with E-state index in [0.717, 1.165) is 19.1 Å². The van der Waals surface area contributed by atoms with Crippen molar-refractivity contribution in [3.8, 4) is 0 Å². The van der Waals surface area contributed by atoms with Gasteiger partial charge in [0, 0.05) is 30.9 Å². The molecule has 4 nitrogen and oxygen atoms in total. The molecule has 2 atom stereocenters. The van der Waals surface area contributed by atoms with Gasteiger partial charge in [0.05, 0.1) is 12.0 Å². The van der Waals surface area contributed by atoms with Gasteiger partial charge in [-0.3, -0.25) is 4.90 Å². The number of hydrogen-bond acceptors (Lipinski definition) is 3. The highest BCUT2D eigenvalue weighted by Gasteiger charge is 2.29. The molecule has 3 rings (SSSR count). The minimum atomic E-state index is 0.519. The number of nitrogens with one attached hydrogen (secondary N) is 1. The SMILES string of the molecule is CC(Cn1cncc1[C@@H]1CCCN1)N(C)C1CC1. The first kappa shape index (κ1) is 12.2. The zero-order chi connectivity index (χ0) is 12.5. The highest BCUT2D eigenvalue weighted by atomic mass is 15.2. The van der Waals surface area contributed by atoms with E-state index >= 15 is 0 Å². The first-order valence-corrected chi connectivity index (χ1v) is 7.21. The molecule has 0 radical (unpaired) electrons. The number of rotatable bonds is 5. The largest absolute Gasteiger partial charge is 0.332 e. The van der Waals surface area contributed by atoms with Crippen molar-refractivity contribution in [2.45, 2.75) is 57.3 Å². The summed E-state index contributed by atoms with van der Waals surface area (Å²) in [5.41, 5.74) is 1.36. The predicted molar refractivity (Wildman–Crippen MR) is 72.5 cm³/mol. The highest BCUT2D eigenvalue weighted by Crippen LogP contribution is 2.28. The molecule has 2 aliphatic rings. The quantitative estimate of drug-likeness (QED) is 0.862. The summed E-state index contributed by atoms with van der Waals surface area (Å²) in [7, 11) is 2.26. The van der Waals surface area contributed by atoms with Crippen LogP contribution >= 0.6 is 0 Å². The normalized spacial score (nSPS) is 25.8. The zero-order valence-corrected chi connectivity index (χ0v) is 11.5. The van der Waals surface area contributed by atoms with E-state index in [1.165, 1.54) is 31.4 Å². The van der Waals surface area contributed by atoms with E-state index < -0.39 is 0 Å².